The number of carbonyl (C=O) groups is 3. The lowest BCUT2D eigenvalue weighted by atomic mass is 10.0. The van der Waals surface area contributed by atoms with Gasteiger partial charge in [0.1, 0.15) is 0 Å². The zero-order valence-corrected chi connectivity index (χ0v) is 14.8. The number of amides is 2. The Balaban J connectivity index is 2.13. The third-order valence-corrected chi connectivity index (χ3v) is 3.95. The van der Waals surface area contributed by atoms with Crippen LogP contribution >= 0.6 is 0 Å². The van der Waals surface area contributed by atoms with Crippen LogP contribution in [0.1, 0.15) is 45.2 Å². The number of carboxylic acids is 1. The Hall–Kier alpha value is -3.15. The van der Waals surface area contributed by atoms with E-state index in [0.717, 1.165) is 5.56 Å². The lowest BCUT2D eigenvalue weighted by Crippen LogP contribution is -2.29. The SMILES string of the molecule is CN(C)C(=O)c1ccc(C(=O)NC(CCC(=O)O)c2ccccc2)cc1. The van der Waals surface area contributed by atoms with E-state index in [1.807, 2.05) is 30.3 Å². The van der Waals surface area contributed by atoms with E-state index in [9.17, 15) is 14.4 Å². The van der Waals surface area contributed by atoms with Gasteiger partial charge in [0, 0.05) is 31.6 Å². The van der Waals surface area contributed by atoms with Gasteiger partial charge in [0.05, 0.1) is 6.04 Å². The topological polar surface area (TPSA) is 86.7 Å². The van der Waals surface area contributed by atoms with E-state index in [1.165, 1.54) is 4.90 Å². The first-order valence-corrected chi connectivity index (χ1v) is 8.28. The quantitative estimate of drug-likeness (QED) is 0.800. The van der Waals surface area contributed by atoms with Crippen molar-refractivity contribution in [1.82, 2.24) is 10.2 Å². The number of aliphatic carboxylic acids is 1. The maximum absolute atomic E-state index is 12.5. The van der Waals surface area contributed by atoms with Gasteiger partial charge in [-0.15, -0.1) is 0 Å². The van der Waals surface area contributed by atoms with Crippen molar-refractivity contribution >= 4 is 17.8 Å². The second-order valence-corrected chi connectivity index (χ2v) is 6.15. The van der Waals surface area contributed by atoms with Crippen LogP contribution in [-0.2, 0) is 4.79 Å². The van der Waals surface area contributed by atoms with Crippen molar-refractivity contribution in [3.8, 4) is 0 Å². The smallest absolute Gasteiger partial charge is 0.303 e. The molecule has 0 saturated carbocycles. The zero-order chi connectivity index (χ0) is 19.1. The van der Waals surface area contributed by atoms with Crippen LogP contribution in [0.4, 0.5) is 0 Å². The van der Waals surface area contributed by atoms with Crippen LogP contribution in [0.2, 0.25) is 0 Å². The predicted octanol–water partition coefficient (Wildman–Crippen LogP) is 2.72. The number of rotatable bonds is 7. The second kappa shape index (κ2) is 8.80. The van der Waals surface area contributed by atoms with Gasteiger partial charge in [0.2, 0.25) is 0 Å². The summed E-state index contributed by atoms with van der Waals surface area (Å²) in [7, 11) is 3.33. The number of benzene rings is 2. The van der Waals surface area contributed by atoms with Gasteiger partial charge in [-0.05, 0) is 36.2 Å². The summed E-state index contributed by atoms with van der Waals surface area (Å²) in [6, 6.07) is 15.2. The molecule has 0 spiro atoms. The van der Waals surface area contributed by atoms with Crippen molar-refractivity contribution in [2.45, 2.75) is 18.9 Å². The molecule has 2 aromatic carbocycles. The molecule has 0 bridgehead atoms. The largest absolute Gasteiger partial charge is 0.481 e. The van der Waals surface area contributed by atoms with Gasteiger partial charge >= 0.3 is 5.97 Å². The summed E-state index contributed by atoms with van der Waals surface area (Å²) in [6.07, 6.45) is 0.248. The van der Waals surface area contributed by atoms with E-state index >= 15 is 0 Å². The molecule has 2 amide bonds. The molecule has 0 saturated heterocycles. The molecule has 26 heavy (non-hydrogen) atoms. The monoisotopic (exact) mass is 354 g/mol. The molecule has 2 aromatic rings. The number of carboxylic acid groups (broad SMARTS) is 1. The van der Waals surface area contributed by atoms with E-state index in [0.29, 0.717) is 17.5 Å². The van der Waals surface area contributed by atoms with Gasteiger partial charge in [-0.3, -0.25) is 14.4 Å². The van der Waals surface area contributed by atoms with E-state index in [4.69, 9.17) is 5.11 Å². The van der Waals surface area contributed by atoms with Crippen LogP contribution in [0, 0.1) is 0 Å². The molecule has 2 N–H and O–H groups in total. The van der Waals surface area contributed by atoms with Crippen molar-refractivity contribution < 1.29 is 19.5 Å². The molecule has 0 aromatic heterocycles. The van der Waals surface area contributed by atoms with Gasteiger partial charge in [-0.25, -0.2) is 0 Å². The molecule has 0 fully saturated rings. The third kappa shape index (κ3) is 5.17. The van der Waals surface area contributed by atoms with Crippen molar-refractivity contribution in [3.05, 3.63) is 71.3 Å². The van der Waals surface area contributed by atoms with Crippen molar-refractivity contribution in [3.63, 3.8) is 0 Å². The summed E-state index contributed by atoms with van der Waals surface area (Å²) < 4.78 is 0. The first kappa shape index (κ1) is 19.2. The Kier molecular flexibility index (Phi) is 6.49. The lowest BCUT2D eigenvalue weighted by Gasteiger charge is -2.19. The normalized spacial score (nSPS) is 11.5. The first-order valence-electron chi connectivity index (χ1n) is 8.28. The molecule has 6 heteroatoms. The summed E-state index contributed by atoms with van der Waals surface area (Å²) in [4.78, 5) is 36.8. The van der Waals surface area contributed by atoms with Crippen LogP contribution in [-0.4, -0.2) is 41.9 Å². The molecular weight excluding hydrogens is 332 g/mol. The van der Waals surface area contributed by atoms with Gasteiger partial charge in [0.25, 0.3) is 11.8 Å². The number of nitrogens with zero attached hydrogens (tertiary/aromatic N) is 1. The Morgan fingerprint density at radius 3 is 2.08 bits per heavy atom. The molecule has 1 unspecified atom stereocenters. The second-order valence-electron chi connectivity index (χ2n) is 6.15. The van der Waals surface area contributed by atoms with E-state index in [1.54, 1.807) is 38.4 Å². The number of nitrogens with one attached hydrogen (secondary N) is 1. The fourth-order valence-corrected chi connectivity index (χ4v) is 2.54. The summed E-state index contributed by atoms with van der Waals surface area (Å²) in [6.45, 7) is 0. The minimum atomic E-state index is -0.910. The van der Waals surface area contributed by atoms with Crippen LogP contribution in [0.25, 0.3) is 0 Å². The third-order valence-electron chi connectivity index (χ3n) is 3.95. The van der Waals surface area contributed by atoms with E-state index in [2.05, 4.69) is 5.32 Å². The van der Waals surface area contributed by atoms with Gasteiger partial charge in [-0.1, -0.05) is 30.3 Å². The minimum Gasteiger partial charge on any atom is -0.481 e. The average Bonchev–Trinajstić information content (AvgIpc) is 2.65. The highest BCUT2D eigenvalue weighted by Crippen LogP contribution is 2.19. The summed E-state index contributed by atoms with van der Waals surface area (Å²) in [5.41, 5.74) is 1.76. The van der Waals surface area contributed by atoms with Gasteiger partial charge in [-0.2, -0.15) is 0 Å². The van der Waals surface area contributed by atoms with Crippen LogP contribution in [0.3, 0.4) is 0 Å². The fourth-order valence-electron chi connectivity index (χ4n) is 2.54. The van der Waals surface area contributed by atoms with Gasteiger partial charge < -0.3 is 15.3 Å². The summed E-state index contributed by atoms with van der Waals surface area (Å²) >= 11 is 0. The molecule has 0 heterocycles. The highest BCUT2D eigenvalue weighted by atomic mass is 16.4. The summed E-state index contributed by atoms with van der Waals surface area (Å²) in [5, 5.41) is 11.8. The molecule has 6 nitrogen and oxygen atoms in total. The predicted molar refractivity (Wildman–Crippen MR) is 98.0 cm³/mol. The highest BCUT2D eigenvalue weighted by molar-refractivity contribution is 5.97. The van der Waals surface area contributed by atoms with Crippen molar-refractivity contribution in [2.24, 2.45) is 0 Å². The number of hydrogen-bond donors (Lipinski definition) is 2. The molecular formula is C20H22N2O4. The number of carbonyl (C=O) groups excluding carboxylic acids is 2. The Bertz CT molecular complexity index is 770. The van der Waals surface area contributed by atoms with E-state index < -0.39 is 12.0 Å². The standard InChI is InChI=1S/C20H22N2O4/c1-22(2)20(26)16-10-8-15(9-11-16)19(25)21-17(12-13-18(23)24)14-6-4-3-5-7-14/h3-11,17H,12-13H2,1-2H3,(H,21,25)(H,23,24). The van der Waals surface area contributed by atoms with Gasteiger partial charge in [0.15, 0.2) is 0 Å². The van der Waals surface area contributed by atoms with E-state index in [-0.39, 0.29) is 18.2 Å². The molecule has 2 rings (SSSR count). The Labute approximate surface area is 152 Å². The zero-order valence-electron chi connectivity index (χ0n) is 14.8. The molecule has 1 atom stereocenters. The maximum Gasteiger partial charge on any atom is 0.303 e. The molecule has 136 valence electrons. The first-order chi connectivity index (χ1) is 12.4. The van der Waals surface area contributed by atoms with Crippen molar-refractivity contribution in [2.75, 3.05) is 14.1 Å². The van der Waals surface area contributed by atoms with Crippen LogP contribution in [0.5, 0.6) is 0 Å². The molecule has 0 aliphatic heterocycles. The fraction of sp³-hybridized carbons (Fsp3) is 0.250. The summed E-state index contributed by atoms with van der Waals surface area (Å²) in [5.74, 6) is -1.36. The van der Waals surface area contributed by atoms with Crippen molar-refractivity contribution in [1.29, 1.82) is 0 Å². The maximum atomic E-state index is 12.5. The molecule has 0 aliphatic rings. The van der Waals surface area contributed by atoms with Crippen LogP contribution < -0.4 is 5.32 Å². The van der Waals surface area contributed by atoms with Crippen LogP contribution in [0.15, 0.2) is 54.6 Å². The minimum absolute atomic E-state index is 0.0455. The Morgan fingerprint density at radius 1 is 0.962 bits per heavy atom. The highest BCUT2D eigenvalue weighted by Gasteiger charge is 2.17. The lowest BCUT2D eigenvalue weighted by molar-refractivity contribution is -0.137. The average molecular weight is 354 g/mol. The molecule has 0 aliphatic carbocycles. The number of hydrogen-bond acceptors (Lipinski definition) is 3. The Morgan fingerprint density at radius 2 is 1.54 bits per heavy atom. The molecule has 0 radical (unpaired) electrons.